The molecular formula is C15H18N2O5. The minimum absolute atomic E-state index is 0.0866. The van der Waals surface area contributed by atoms with Crippen LogP contribution in [-0.4, -0.2) is 35.5 Å². The molecule has 0 fully saturated rings. The zero-order valence-corrected chi connectivity index (χ0v) is 12.2. The minimum Gasteiger partial charge on any atom is -0.481 e. The number of hydrogen-bond donors (Lipinski definition) is 3. The molecule has 1 unspecified atom stereocenters. The predicted molar refractivity (Wildman–Crippen MR) is 79.0 cm³/mol. The maximum Gasteiger partial charge on any atom is 0.303 e. The zero-order valence-electron chi connectivity index (χ0n) is 12.2. The van der Waals surface area contributed by atoms with E-state index in [9.17, 15) is 14.4 Å². The van der Waals surface area contributed by atoms with Gasteiger partial charge < -0.3 is 20.5 Å². The minimum atomic E-state index is -0.846. The van der Waals surface area contributed by atoms with Gasteiger partial charge in [0.2, 0.25) is 0 Å². The van der Waals surface area contributed by atoms with Gasteiger partial charge in [0.15, 0.2) is 11.9 Å². The summed E-state index contributed by atoms with van der Waals surface area (Å²) in [5, 5.41) is 13.9. The van der Waals surface area contributed by atoms with Gasteiger partial charge in [0, 0.05) is 13.0 Å². The van der Waals surface area contributed by atoms with Crippen molar-refractivity contribution in [2.45, 2.75) is 32.3 Å². The second-order valence-electron chi connectivity index (χ2n) is 5.04. The van der Waals surface area contributed by atoms with Crippen LogP contribution in [0.1, 0.15) is 36.5 Å². The number of hydrogen-bond acceptors (Lipinski definition) is 4. The van der Waals surface area contributed by atoms with E-state index in [1.54, 1.807) is 25.1 Å². The van der Waals surface area contributed by atoms with Gasteiger partial charge in [-0.1, -0.05) is 6.07 Å². The molecule has 118 valence electrons. The fourth-order valence-electron chi connectivity index (χ4n) is 2.10. The molecule has 0 radical (unpaired) electrons. The largest absolute Gasteiger partial charge is 0.481 e. The third-order valence-corrected chi connectivity index (χ3v) is 3.28. The Hall–Kier alpha value is -2.57. The normalized spacial score (nSPS) is 16.2. The van der Waals surface area contributed by atoms with Crippen molar-refractivity contribution in [3.05, 3.63) is 23.8 Å². The molecule has 1 aromatic carbocycles. The lowest BCUT2D eigenvalue weighted by Crippen LogP contribution is -2.36. The molecule has 0 saturated carbocycles. The molecule has 1 atom stereocenters. The third-order valence-electron chi connectivity index (χ3n) is 3.28. The average molecular weight is 306 g/mol. The van der Waals surface area contributed by atoms with E-state index in [0.717, 1.165) is 0 Å². The van der Waals surface area contributed by atoms with Crippen molar-refractivity contribution in [3.63, 3.8) is 0 Å². The number of carbonyl (C=O) groups is 3. The lowest BCUT2D eigenvalue weighted by atomic mass is 10.1. The van der Waals surface area contributed by atoms with Crippen LogP contribution < -0.4 is 15.4 Å². The number of carboxylic acid groups (broad SMARTS) is 1. The van der Waals surface area contributed by atoms with E-state index in [1.807, 2.05) is 0 Å². The molecule has 0 aromatic heterocycles. The van der Waals surface area contributed by atoms with Crippen LogP contribution in [0.5, 0.6) is 5.75 Å². The molecule has 1 heterocycles. The molecule has 1 aliphatic rings. The molecule has 2 amide bonds. The Kier molecular flexibility index (Phi) is 4.98. The summed E-state index contributed by atoms with van der Waals surface area (Å²) in [5.74, 6) is -1.05. The fraction of sp³-hybridized carbons (Fsp3) is 0.400. The summed E-state index contributed by atoms with van der Waals surface area (Å²) in [5.41, 5.74) is 0.823. The smallest absolute Gasteiger partial charge is 0.303 e. The number of carboxylic acids is 1. The maximum atomic E-state index is 12.2. The van der Waals surface area contributed by atoms with Crippen LogP contribution in [0.4, 0.5) is 5.69 Å². The van der Waals surface area contributed by atoms with Gasteiger partial charge in [0.1, 0.15) is 0 Å². The average Bonchev–Trinajstić information content (AvgIpc) is 2.47. The van der Waals surface area contributed by atoms with Crippen molar-refractivity contribution in [1.29, 1.82) is 0 Å². The van der Waals surface area contributed by atoms with E-state index < -0.39 is 12.1 Å². The highest BCUT2D eigenvalue weighted by Gasteiger charge is 2.27. The van der Waals surface area contributed by atoms with Crippen LogP contribution in [0.25, 0.3) is 0 Å². The zero-order chi connectivity index (χ0) is 16.1. The van der Waals surface area contributed by atoms with Gasteiger partial charge in [-0.25, -0.2) is 0 Å². The number of amides is 2. The first kappa shape index (κ1) is 15.8. The highest BCUT2D eigenvalue weighted by molar-refractivity contribution is 6.03. The highest BCUT2D eigenvalue weighted by atomic mass is 16.5. The molecule has 1 aliphatic heterocycles. The molecule has 0 spiro atoms. The number of nitrogens with one attached hydrogen (secondary N) is 2. The number of para-hydroxylation sites is 1. The maximum absolute atomic E-state index is 12.2. The van der Waals surface area contributed by atoms with Crippen LogP contribution in [0, 0.1) is 0 Å². The summed E-state index contributed by atoms with van der Waals surface area (Å²) < 4.78 is 5.50. The van der Waals surface area contributed by atoms with Gasteiger partial charge in [0.05, 0.1) is 11.3 Å². The Morgan fingerprint density at radius 1 is 1.36 bits per heavy atom. The van der Waals surface area contributed by atoms with Gasteiger partial charge >= 0.3 is 5.97 Å². The number of anilines is 1. The molecule has 22 heavy (non-hydrogen) atoms. The van der Waals surface area contributed by atoms with E-state index in [-0.39, 0.29) is 18.2 Å². The summed E-state index contributed by atoms with van der Waals surface area (Å²) in [6.07, 6.45) is 0.521. The van der Waals surface area contributed by atoms with Crippen LogP contribution in [0.3, 0.4) is 0 Å². The Balaban J connectivity index is 1.97. The van der Waals surface area contributed by atoms with E-state index in [2.05, 4.69) is 10.6 Å². The van der Waals surface area contributed by atoms with Crippen molar-refractivity contribution in [3.8, 4) is 5.75 Å². The third kappa shape index (κ3) is 3.75. The van der Waals surface area contributed by atoms with Crippen molar-refractivity contribution in [2.24, 2.45) is 0 Å². The fourth-order valence-corrected chi connectivity index (χ4v) is 2.10. The summed E-state index contributed by atoms with van der Waals surface area (Å²) in [4.78, 5) is 34.1. The number of benzene rings is 1. The van der Waals surface area contributed by atoms with E-state index in [0.29, 0.717) is 36.4 Å². The second kappa shape index (κ2) is 6.93. The first-order chi connectivity index (χ1) is 10.5. The first-order valence-corrected chi connectivity index (χ1v) is 7.09. The number of rotatable bonds is 6. The number of aliphatic carboxylic acids is 1. The van der Waals surface area contributed by atoms with Gasteiger partial charge in [-0.05, 0) is 31.9 Å². The first-order valence-electron chi connectivity index (χ1n) is 7.09. The molecular weight excluding hydrogens is 288 g/mol. The van der Waals surface area contributed by atoms with E-state index in [4.69, 9.17) is 9.84 Å². The summed E-state index contributed by atoms with van der Waals surface area (Å²) in [6, 6.07) is 4.95. The molecule has 0 saturated heterocycles. The molecule has 2 rings (SSSR count). The van der Waals surface area contributed by atoms with Gasteiger partial charge in [0.25, 0.3) is 11.8 Å². The van der Waals surface area contributed by atoms with Gasteiger partial charge in [-0.15, -0.1) is 0 Å². The lowest BCUT2D eigenvalue weighted by Gasteiger charge is -2.25. The quantitative estimate of drug-likeness (QED) is 0.689. The number of carbonyl (C=O) groups excluding carboxylic acids is 2. The Morgan fingerprint density at radius 3 is 2.86 bits per heavy atom. The van der Waals surface area contributed by atoms with Crippen LogP contribution in [0.15, 0.2) is 18.2 Å². The summed E-state index contributed by atoms with van der Waals surface area (Å²) >= 11 is 0. The topological polar surface area (TPSA) is 105 Å². The second-order valence-corrected chi connectivity index (χ2v) is 5.04. The van der Waals surface area contributed by atoms with Crippen molar-refractivity contribution >= 4 is 23.5 Å². The molecule has 1 aromatic rings. The van der Waals surface area contributed by atoms with E-state index >= 15 is 0 Å². The van der Waals surface area contributed by atoms with Crippen molar-refractivity contribution in [1.82, 2.24) is 5.32 Å². The monoisotopic (exact) mass is 306 g/mol. The van der Waals surface area contributed by atoms with E-state index in [1.165, 1.54) is 0 Å². The van der Waals surface area contributed by atoms with Crippen molar-refractivity contribution < 1.29 is 24.2 Å². The summed E-state index contributed by atoms with van der Waals surface area (Å²) in [7, 11) is 0. The van der Waals surface area contributed by atoms with Gasteiger partial charge in [-0.2, -0.15) is 0 Å². The number of unbranched alkanes of at least 4 members (excludes halogenated alkanes) is 1. The lowest BCUT2D eigenvalue weighted by molar-refractivity contribution is -0.137. The molecule has 7 nitrogen and oxygen atoms in total. The SMILES string of the molecule is CC1Oc2c(cccc2C(=O)NCCCCC(=O)O)NC1=O. The Morgan fingerprint density at radius 2 is 2.14 bits per heavy atom. The van der Waals surface area contributed by atoms with Crippen LogP contribution in [0.2, 0.25) is 0 Å². The standard InChI is InChI=1S/C15H18N2O5/c1-9-14(20)17-11-6-4-5-10(13(11)22-9)15(21)16-8-3-2-7-12(18)19/h4-6,9H,2-3,7-8H2,1H3,(H,16,21)(H,17,20)(H,18,19). The van der Waals surface area contributed by atoms with Gasteiger partial charge in [-0.3, -0.25) is 14.4 Å². The Labute approximate surface area is 127 Å². The molecule has 0 bridgehead atoms. The summed E-state index contributed by atoms with van der Waals surface area (Å²) in [6.45, 7) is 2.00. The van der Waals surface area contributed by atoms with Crippen molar-refractivity contribution in [2.75, 3.05) is 11.9 Å². The Bertz CT molecular complexity index is 600. The van der Waals surface area contributed by atoms with Crippen LogP contribution >= 0.6 is 0 Å². The highest BCUT2D eigenvalue weighted by Crippen LogP contribution is 2.33. The van der Waals surface area contributed by atoms with Crippen LogP contribution in [-0.2, 0) is 9.59 Å². The molecule has 3 N–H and O–H groups in total. The molecule has 7 heteroatoms. The number of fused-ring (bicyclic) bond motifs is 1. The predicted octanol–water partition coefficient (Wildman–Crippen LogP) is 1.39. The molecule has 0 aliphatic carbocycles. The number of ether oxygens (including phenoxy) is 1.